The summed E-state index contributed by atoms with van der Waals surface area (Å²) in [6.45, 7) is 1.66. The molecule has 0 aromatic heterocycles. The molecule has 1 N–H and O–H groups in total. The first kappa shape index (κ1) is 13.5. The summed E-state index contributed by atoms with van der Waals surface area (Å²) >= 11 is 0. The van der Waals surface area contributed by atoms with Crippen LogP contribution in [0.1, 0.15) is 18.9 Å². The molecule has 2 amide bonds. The van der Waals surface area contributed by atoms with Crippen molar-refractivity contribution in [3.8, 4) is 0 Å². The van der Waals surface area contributed by atoms with E-state index in [9.17, 15) is 18.4 Å². The van der Waals surface area contributed by atoms with E-state index in [0.29, 0.717) is 0 Å². The predicted octanol–water partition coefficient (Wildman–Crippen LogP) is 1.20. The molecule has 1 unspecified atom stereocenters. The van der Waals surface area contributed by atoms with Crippen LogP contribution in [0.3, 0.4) is 0 Å². The van der Waals surface area contributed by atoms with Gasteiger partial charge >= 0.3 is 0 Å². The summed E-state index contributed by atoms with van der Waals surface area (Å²) in [6, 6.07) is 2.92. The van der Waals surface area contributed by atoms with Gasteiger partial charge in [0, 0.05) is 30.6 Å². The van der Waals surface area contributed by atoms with Gasteiger partial charge in [0.1, 0.15) is 11.6 Å². The minimum Gasteiger partial charge on any atom is -0.347 e. The molecule has 0 spiro atoms. The molecule has 0 saturated carbocycles. The highest BCUT2D eigenvalue weighted by Gasteiger charge is 2.27. The predicted molar refractivity (Wildman–Crippen MR) is 64.0 cm³/mol. The number of benzene rings is 1. The third-order valence-electron chi connectivity index (χ3n) is 3.13. The van der Waals surface area contributed by atoms with Crippen LogP contribution < -0.4 is 5.32 Å². The Bertz CT molecular complexity index is 519. The van der Waals surface area contributed by atoms with Crippen molar-refractivity contribution in [3.63, 3.8) is 0 Å². The van der Waals surface area contributed by atoms with Crippen LogP contribution in [-0.2, 0) is 16.1 Å². The minimum atomic E-state index is -0.691. The lowest BCUT2D eigenvalue weighted by Gasteiger charge is -2.26. The Morgan fingerprint density at radius 2 is 2.11 bits per heavy atom. The quantitative estimate of drug-likeness (QED) is 0.876. The number of hydrogen-bond donors (Lipinski definition) is 1. The summed E-state index contributed by atoms with van der Waals surface area (Å²) < 4.78 is 26.4. The average Bonchev–Trinajstić information content (AvgIpc) is 2.45. The van der Waals surface area contributed by atoms with Gasteiger partial charge < -0.3 is 10.2 Å². The van der Waals surface area contributed by atoms with E-state index in [2.05, 4.69) is 5.32 Å². The zero-order chi connectivity index (χ0) is 14.0. The van der Waals surface area contributed by atoms with Crippen LogP contribution in [0.5, 0.6) is 0 Å². The first-order valence-corrected chi connectivity index (χ1v) is 5.97. The molecule has 0 aliphatic carbocycles. The lowest BCUT2D eigenvalue weighted by molar-refractivity contribution is -0.132. The fourth-order valence-electron chi connectivity index (χ4n) is 2.05. The van der Waals surface area contributed by atoms with Crippen molar-refractivity contribution in [2.24, 2.45) is 0 Å². The maximum absolute atomic E-state index is 13.6. The lowest BCUT2D eigenvalue weighted by atomic mass is 10.1. The number of hydrogen-bond acceptors (Lipinski definition) is 2. The number of rotatable bonds is 2. The number of amides is 2. The van der Waals surface area contributed by atoms with Crippen LogP contribution in [0.2, 0.25) is 0 Å². The van der Waals surface area contributed by atoms with Gasteiger partial charge in [0.25, 0.3) is 0 Å². The molecule has 1 heterocycles. The smallest absolute Gasteiger partial charge is 0.242 e. The zero-order valence-corrected chi connectivity index (χ0v) is 10.5. The second-order valence-corrected chi connectivity index (χ2v) is 4.59. The summed E-state index contributed by atoms with van der Waals surface area (Å²) in [5.74, 6) is -1.83. The first-order chi connectivity index (χ1) is 8.97. The second kappa shape index (κ2) is 5.34. The molecule has 0 radical (unpaired) electrons. The number of carbonyl (C=O) groups is 2. The molecule has 1 aliphatic heterocycles. The van der Waals surface area contributed by atoms with Gasteiger partial charge in [-0.05, 0) is 13.0 Å². The molecule has 2 rings (SSSR count). The van der Waals surface area contributed by atoms with Crippen molar-refractivity contribution in [3.05, 3.63) is 35.4 Å². The Morgan fingerprint density at radius 1 is 1.37 bits per heavy atom. The Morgan fingerprint density at radius 3 is 2.79 bits per heavy atom. The topological polar surface area (TPSA) is 49.4 Å². The van der Waals surface area contributed by atoms with E-state index in [4.69, 9.17) is 0 Å². The lowest BCUT2D eigenvalue weighted by Crippen LogP contribution is -2.39. The summed E-state index contributed by atoms with van der Waals surface area (Å²) in [4.78, 5) is 24.6. The van der Waals surface area contributed by atoms with E-state index >= 15 is 0 Å². The van der Waals surface area contributed by atoms with Crippen molar-refractivity contribution in [2.45, 2.75) is 25.9 Å². The van der Waals surface area contributed by atoms with Crippen LogP contribution >= 0.6 is 0 Å². The Balaban J connectivity index is 2.20. The Kier molecular flexibility index (Phi) is 3.78. The van der Waals surface area contributed by atoms with E-state index < -0.39 is 11.6 Å². The van der Waals surface area contributed by atoms with E-state index in [1.165, 1.54) is 11.0 Å². The maximum atomic E-state index is 13.6. The standard InChI is InChI=1S/C13H14F2N2O2/c1-8-4-12(18)16-6-13(19)17(8)7-9-2-3-10(14)5-11(9)15/h2-3,5,8H,4,6-7H2,1H3,(H,16,18). The Hall–Kier alpha value is -1.98. The summed E-state index contributed by atoms with van der Waals surface area (Å²) in [7, 11) is 0. The molecule has 1 fully saturated rings. The molecule has 1 atom stereocenters. The zero-order valence-electron chi connectivity index (χ0n) is 10.5. The fourth-order valence-corrected chi connectivity index (χ4v) is 2.05. The molecule has 6 heteroatoms. The highest BCUT2D eigenvalue weighted by molar-refractivity contribution is 5.87. The van der Waals surface area contributed by atoms with Crippen molar-refractivity contribution < 1.29 is 18.4 Å². The van der Waals surface area contributed by atoms with Gasteiger partial charge in [-0.15, -0.1) is 0 Å². The van der Waals surface area contributed by atoms with Crippen LogP contribution in [0.25, 0.3) is 0 Å². The number of carbonyl (C=O) groups excluding carboxylic acids is 2. The molecule has 1 aromatic carbocycles. The molecule has 1 aliphatic rings. The van der Waals surface area contributed by atoms with E-state index in [-0.39, 0.29) is 42.9 Å². The minimum absolute atomic E-state index is 0.0288. The van der Waals surface area contributed by atoms with Gasteiger partial charge in [0.2, 0.25) is 11.8 Å². The highest BCUT2D eigenvalue weighted by Crippen LogP contribution is 2.16. The number of nitrogens with zero attached hydrogens (tertiary/aromatic N) is 1. The average molecular weight is 268 g/mol. The van der Waals surface area contributed by atoms with Gasteiger partial charge in [-0.1, -0.05) is 6.07 Å². The van der Waals surface area contributed by atoms with E-state index in [0.717, 1.165) is 12.1 Å². The van der Waals surface area contributed by atoms with Crippen molar-refractivity contribution in [1.29, 1.82) is 0 Å². The summed E-state index contributed by atoms with van der Waals surface area (Å²) in [6.07, 6.45) is 0.175. The molecule has 1 aromatic rings. The van der Waals surface area contributed by atoms with E-state index in [1.807, 2.05) is 0 Å². The van der Waals surface area contributed by atoms with Gasteiger partial charge in [-0.25, -0.2) is 8.78 Å². The molecular formula is C13H14F2N2O2. The van der Waals surface area contributed by atoms with Crippen molar-refractivity contribution >= 4 is 11.8 Å². The molecule has 1 saturated heterocycles. The normalized spacial score (nSPS) is 20.2. The van der Waals surface area contributed by atoms with Crippen LogP contribution in [-0.4, -0.2) is 29.3 Å². The largest absolute Gasteiger partial charge is 0.347 e. The molecule has 19 heavy (non-hydrogen) atoms. The third kappa shape index (κ3) is 3.07. The third-order valence-corrected chi connectivity index (χ3v) is 3.13. The van der Waals surface area contributed by atoms with Crippen molar-refractivity contribution in [1.82, 2.24) is 10.2 Å². The van der Waals surface area contributed by atoms with Crippen LogP contribution in [0, 0.1) is 11.6 Å². The molecule has 0 bridgehead atoms. The Labute approximate surface area is 109 Å². The molecule has 4 nitrogen and oxygen atoms in total. The van der Waals surface area contributed by atoms with Gasteiger partial charge in [-0.3, -0.25) is 9.59 Å². The van der Waals surface area contributed by atoms with Crippen molar-refractivity contribution in [2.75, 3.05) is 6.54 Å². The number of halogens is 2. The molecule has 102 valence electrons. The second-order valence-electron chi connectivity index (χ2n) is 4.59. The summed E-state index contributed by atoms with van der Waals surface area (Å²) in [5.41, 5.74) is 0.232. The highest BCUT2D eigenvalue weighted by atomic mass is 19.1. The number of nitrogens with one attached hydrogen (secondary N) is 1. The maximum Gasteiger partial charge on any atom is 0.242 e. The van der Waals surface area contributed by atoms with Gasteiger partial charge in [0.15, 0.2) is 0 Å². The SMILES string of the molecule is CC1CC(=O)NCC(=O)N1Cc1ccc(F)cc1F. The van der Waals surface area contributed by atoms with Gasteiger partial charge in [-0.2, -0.15) is 0 Å². The van der Waals surface area contributed by atoms with Gasteiger partial charge in [0.05, 0.1) is 6.54 Å². The van der Waals surface area contributed by atoms with Crippen LogP contribution in [0.15, 0.2) is 18.2 Å². The van der Waals surface area contributed by atoms with Crippen LogP contribution in [0.4, 0.5) is 8.78 Å². The molecular weight excluding hydrogens is 254 g/mol. The summed E-state index contributed by atoms with van der Waals surface area (Å²) in [5, 5.41) is 2.48. The first-order valence-electron chi connectivity index (χ1n) is 5.97. The fraction of sp³-hybridized carbons (Fsp3) is 0.385. The van der Waals surface area contributed by atoms with E-state index in [1.54, 1.807) is 6.92 Å². The monoisotopic (exact) mass is 268 g/mol.